The molecule has 1 aliphatic rings. The number of hydrogen-bond acceptors (Lipinski definition) is 4. The molecule has 112 valence electrons. The van der Waals surface area contributed by atoms with Crippen molar-refractivity contribution in [1.82, 2.24) is 9.97 Å². The summed E-state index contributed by atoms with van der Waals surface area (Å²) in [5, 5.41) is 6.22. The van der Waals surface area contributed by atoms with Gasteiger partial charge in [0, 0.05) is 17.1 Å². The minimum absolute atomic E-state index is 0. The van der Waals surface area contributed by atoms with Crippen LogP contribution in [0.15, 0.2) is 48.0 Å². The van der Waals surface area contributed by atoms with Gasteiger partial charge >= 0.3 is 0 Å². The summed E-state index contributed by atoms with van der Waals surface area (Å²) in [5.41, 5.74) is 5.23. The number of pyridine rings is 1. The number of nitrogens with one attached hydrogen (secondary N) is 1. The maximum absolute atomic E-state index is 4.67. The first-order valence-electron chi connectivity index (χ1n) is 7.14. The summed E-state index contributed by atoms with van der Waals surface area (Å²) in [5.74, 6) is 0.826. The monoisotopic (exact) mass is 329 g/mol. The molecule has 0 fully saturated rings. The van der Waals surface area contributed by atoms with Crippen molar-refractivity contribution in [2.24, 2.45) is 0 Å². The van der Waals surface area contributed by atoms with E-state index in [9.17, 15) is 0 Å². The van der Waals surface area contributed by atoms with Gasteiger partial charge in [-0.3, -0.25) is 0 Å². The molecule has 0 spiro atoms. The third-order valence-corrected chi connectivity index (χ3v) is 4.56. The van der Waals surface area contributed by atoms with E-state index in [1.807, 2.05) is 18.2 Å². The quantitative estimate of drug-likeness (QED) is 0.745. The van der Waals surface area contributed by atoms with Gasteiger partial charge in [-0.1, -0.05) is 18.2 Å². The van der Waals surface area contributed by atoms with Gasteiger partial charge in [0.05, 0.1) is 5.69 Å². The Kier molecular flexibility index (Phi) is 4.41. The first-order chi connectivity index (χ1) is 10.4. The molecule has 22 heavy (non-hydrogen) atoms. The fraction of sp³-hybridized carbons (Fsp3) is 0.176. The van der Waals surface area contributed by atoms with Crippen LogP contribution < -0.4 is 5.32 Å². The van der Waals surface area contributed by atoms with E-state index in [1.54, 1.807) is 17.5 Å². The normalized spacial score (nSPS) is 12.5. The lowest BCUT2D eigenvalue weighted by atomic mass is 10.1. The van der Waals surface area contributed by atoms with Crippen LogP contribution in [0.5, 0.6) is 0 Å². The van der Waals surface area contributed by atoms with Crippen molar-refractivity contribution in [2.45, 2.75) is 19.3 Å². The van der Waals surface area contributed by atoms with E-state index >= 15 is 0 Å². The number of aryl methyl sites for hydroxylation is 2. The number of aromatic nitrogens is 2. The van der Waals surface area contributed by atoms with Crippen LogP contribution in [0.4, 0.5) is 10.9 Å². The molecular weight excluding hydrogens is 314 g/mol. The average molecular weight is 330 g/mol. The Bertz CT molecular complexity index is 771. The largest absolute Gasteiger partial charge is 0.316 e. The van der Waals surface area contributed by atoms with Crippen molar-refractivity contribution in [2.75, 3.05) is 5.32 Å². The van der Waals surface area contributed by atoms with Crippen molar-refractivity contribution in [3.63, 3.8) is 0 Å². The summed E-state index contributed by atoms with van der Waals surface area (Å²) in [4.78, 5) is 8.93. The molecule has 3 aromatic rings. The zero-order valence-corrected chi connectivity index (χ0v) is 13.6. The number of halogens is 1. The van der Waals surface area contributed by atoms with Crippen LogP contribution in [0.25, 0.3) is 11.3 Å². The number of benzene rings is 1. The second kappa shape index (κ2) is 6.46. The molecule has 0 saturated heterocycles. The van der Waals surface area contributed by atoms with Gasteiger partial charge in [0.15, 0.2) is 5.13 Å². The zero-order valence-electron chi connectivity index (χ0n) is 12.0. The number of nitrogens with zero attached hydrogens (tertiary/aromatic N) is 2. The van der Waals surface area contributed by atoms with Gasteiger partial charge in [0.1, 0.15) is 5.82 Å². The van der Waals surface area contributed by atoms with Gasteiger partial charge in [0.2, 0.25) is 0 Å². The standard InChI is InChI=1S/C17H15N3S.ClH/c1-2-9-18-16(6-1)20-17-19-15(11-21-17)14-8-7-12-4-3-5-13(12)10-14;/h1-2,6-11H,3-5H2,(H,18,19,20);1H. The number of thiazole rings is 1. The van der Waals surface area contributed by atoms with Gasteiger partial charge in [0.25, 0.3) is 0 Å². The Hall–Kier alpha value is -1.91. The number of fused-ring (bicyclic) bond motifs is 1. The molecule has 4 rings (SSSR count). The SMILES string of the molecule is Cl.c1ccc(Nc2nc(-c3ccc4c(c3)CCC4)cs2)nc1. The number of rotatable bonds is 3. The predicted octanol–water partition coefficient (Wildman–Crippen LogP) is 4.86. The summed E-state index contributed by atoms with van der Waals surface area (Å²) in [6.45, 7) is 0. The van der Waals surface area contributed by atoms with E-state index in [4.69, 9.17) is 0 Å². The second-order valence-corrected chi connectivity index (χ2v) is 6.07. The van der Waals surface area contributed by atoms with E-state index < -0.39 is 0 Å². The number of anilines is 2. The van der Waals surface area contributed by atoms with Gasteiger partial charge in [-0.05, 0) is 48.6 Å². The van der Waals surface area contributed by atoms with Crippen LogP contribution in [-0.2, 0) is 12.8 Å². The molecule has 0 unspecified atom stereocenters. The van der Waals surface area contributed by atoms with Crippen LogP contribution >= 0.6 is 23.7 Å². The maximum Gasteiger partial charge on any atom is 0.188 e. The summed E-state index contributed by atoms with van der Waals surface area (Å²) >= 11 is 1.61. The molecule has 2 heterocycles. The Balaban J connectivity index is 0.00000144. The average Bonchev–Trinajstić information content (AvgIpc) is 3.16. The Morgan fingerprint density at radius 1 is 1.05 bits per heavy atom. The predicted molar refractivity (Wildman–Crippen MR) is 94.3 cm³/mol. The molecule has 0 amide bonds. The fourth-order valence-electron chi connectivity index (χ4n) is 2.74. The lowest BCUT2D eigenvalue weighted by molar-refractivity contribution is 0.912. The zero-order chi connectivity index (χ0) is 14.1. The minimum Gasteiger partial charge on any atom is -0.316 e. The van der Waals surface area contributed by atoms with E-state index in [0.717, 1.165) is 16.6 Å². The molecule has 5 heteroatoms. The lowest BCUT2D eigenvalue weighted by Crippen LogP contribution is -1.92. The smallest absolute Gasteiger partial charge is 0.188 e. The van der Waals surface area contributed by atoms with Gasteiger partial charge in [-0.25, -0.2) is 9.97 Å². The van der Waals surface area contributed by atoms with Crippen molar-refractivity contribution in [3.8, 4) is 11.3 Å². The molecule has 0 bridgehead atoms. The highest BCUT2D eigenvalue weighted by Gasteiger charge is 2.12. The highest BCUT2D eigenvalue weighted by Crippen LogP contribution is 2.30. The van der Waals surface area contributed by atoms with E-state index in [-0.39, 0.29) is 12.4 Å². The third kappa shape index (κ3) is 2.98. The maximum atomic E-state index is 4.67. The van der Waals surface area contributed by atoms with Gasteiger partial charge < -0.3 is 5.32 Å². The van der Waals surface area contributed by atoms with Gasteiger partial charge in [-0.2, -0.15) is 0 Å². The molecule has 1 aromatic carbocycles. The lowest BCUT2D eigenvalue weighted by Gasteiger charge is -2.02. The number of hydrogen-bond donors (Lipinski definition) is 1. The molecule has 0 radical (unpaired) electrons. The van der Waals surface area contributed by atoms with E-state index in [2.05, 4.69) is 38.9 Å². The van der Waals surface area contributed by atoms with Crippen molar-refractivity contribution in [3.05, 3.63) is 59.1 Å². The van der Waals surface area contributed by atoms with Crippen LogP contribution in [0.2, 0.25) is 0 Å². The van der Waals surface area contributed by atoms with Crippen LogP contribution in [0.1, 0.15) is 17.5 Å². The third-order valence-electron chi connectivity index (χ3n) is 3.80. The van der Waals surface area contributed by atoms with Crippen LogP contribution in [0.3, 0.4) is 0 Å². The minimum atomic E-state index is 0. The fourth-order valence-corrected chi connectivity index (χ4v) is 3.47. The molecule has 1 N–H and O–H groups in total. The molecule has 3 nitrogen and oxygen atoms in total. The highest BCUT2D eigenvalue weighted by molar-refractivity contribution is 7.14. The van der Waals surface area contributed by atoms with Crippen molar-refractivity contribution in [1.29, 1.82) is 0 Å². The summed E-state index contributed by atoms with van der Waals surface area (Å²) in [6.07, 6.45) is 5.48. The first kappa shape index (κ1) is 15.0. The first-order valence-corrected chi connectivity index (χ1v) is 8.02. The second-order valence-electron chi connectivity index (χ2n) is 5.21. The molecule has 2 aromatic heterocycles. The highest BCUT2D eigenvalue weighted by atomic mass is 35.5. The van der Waals surface area contributed by atoms with Crippen LogP contribution in [0, 0.1) is 0 Å². The molecule has 0 saturated carbocycles. The van der Waals surface area contributed by atoms with Crippen molar-refractivity contribution >= 4 is 34.7 Å². The van der Waals surface area contributed by atoms with Gasteiger partial charge in [-0.15, -0.1) is 23.7 Å². The van der Waals surface area contributed by atoms with Crippen LogP contribution in [-0.4, -0.2) is 9.97 Å². The molecule has 0 atom stereocenters. The molecular formula is C17H16ClN3S. The van der Waals surface area contributed by atoms with Crippen molar-refractivity contribution < 1.29 is 0 Å². The summed E-state index contributed by atoms with van der Waals surface area (Å²) in [6, 6.07) is 12.5. The summed E-state index contributed by atoms with van der Waals surface area (Å²) < 4.78 is 0. The summed E-state index contributed by atoms with van der Waals surface area (Å²) in [7, 11) is 0. The Labute approximate surface area is 139 Å². The van der Waals surface area contributed by atoms with E-state index in [0.29, 0.717) is 0 Å². The Morgan fingerprint density at radius 3 is 2.82 bits per heavy atom. The topological polar surface area (TPSA) is 37.8 Å². The Morgan fingerprint density at radius 2 is 1.95 bits per heavy atom. The molecule has 1 aliphatic carbocycles. The van der Waals surface area contributed by atoms with E-state index in [1.165, 1.54) is 36.0 Å². The molecule has 0 aliphatic heterocycles.